The summed E-state index contributed by atoms with van der Waals surface area (Å²) < 4.78 is 10.9. The number of nitrogens with one attached hydrogen (secondary N) is 1. The summed E-state index contributed by atoms with van der Waals surface area (Å²) in [6.45, 7) is 1.55. The molecular formula is C17H16INO4. The fraction of sp³-hybridized carbons (Fsp3) is 0.176. The van der Waals surface area contributed by atoms with Crippen molar-refractivity contribution in [1.29, 1.82) is 0 Å². The van der Waals surface area contributed by atoms with Gasteiger partial charge in [-0.15, -0.1) is 0 Å². The van der Waals surface area contributed by atoms with Gasteiger partial charge in [-0.05, 0) is 53.3 Å². The molecule has 23 heavy (non-hydrogen) atoms. The standard InChI is InChI=1S/C17H16INO4/c1-12(13-5-3-2-4-6-13)19-16(20)11-22-17(21)10-8-14-7-9-15(18)23-14/h2-10,12H,11H2,1H3,(H,19,20). The van der Waals surface area contributed by atoms with E-state index in [1.54, 1.807) is 12.1 Å². The molecule has 0 saturated heterocycles. The quantitative estimate of drug-likeness (QED) is 0.438. The number of esters is 1. The third-order valence-corrected chi connectivity index (χ3v) is 3.58. The number of hydrogen-bond acceptors (Lipinski definition) is 4. The van der Waals surface area contributed by atoms with Crippen LogP contribution in [-0.2, 0) is 14.3 Å². The average molecular weight is 425 g/mol. The Labute approximate surface area is 147 Å². The maximum absolute atomic E-state index is 11.8. The number of benzene rings is 1. The molecule has 5 nitrogen and oxygen atoms in total. The minimum Gasteiger partial charge on any atom is -0.452 e. The summed E-state index contributed by atoms with van der Waals surface area (Å²) in [5.41, 5.74) is 0.986. The smallest absolute Gasteiger partial charge is 0.331 e. The van der Waals surface area contributed by atoms with Gasteiger partial charge in [-0.1, -0.05) is 30.3 Å². The number of rotatable bonds is 6. The third kappa shape index (κ3) is 5.90. The van der Waals surface area contributed by atoms with Crippen molar-refractivity contribution in [1.82, 2.24) is 5.32 Å². The van der Waals surface area contributed by atoms with Crippen molar-refractivity contribution >= 4 is 40.5 Å². The molecule has 1 unspecified atom stereocenters. The van der Waals surface area contributed by atoms with Crippen molar-refractivity contribution in [3.8, 4) is 0 Å². The molecule has 0 saturated carbocycles. The second-order valence-corrected chi connectivity index (χ2v) is 5.85. The van der Waals surface area contributed by atoms with E-state index in [1.165, 1.54) is 12.2 Å². The first-order chi connectivity index (χ1) is 11.0. The van der Waals surface area contributed by atoms with Gasteiger partial charge in [-0.3, -0.25) is 4.79 Å². The van der Waals surface area contributed by atoms with Crippen LogP contribution in [0.15, 0.2) is 53.0 Å². The number of furan rings is 1. The lowest BCUT2D eigenvalue weighted by atomic mass is 10.1. The fourth-order valence-electron chi connectivity index (χ4n) is 1.86. The summed E-state index contributed by atoms with van der Waals surface area (Å²) in [6, 6.07) is 12.9. The Kier molecular flexibility index (Phi) is 6.40. The molecule has 0 radical (unpaired) electrons. The van der Waals surface area contributed by atoms with E-state index < -0.39 is 5.97 Å². The largest absolute Gasteiger partial charge is 0.452 e. The summed E-state index contributed by atoms with van der Waals surface area (Å²) in [6.07, 6.45) is 2.72. The van der Waals surface area contributed by atoms with Crippen LogP contribution in [0.25, 0.3) is 6.08 Å². The molecule has 0 spiro atoms. The van der Waals surface area contributed by atoms with Crippen LogP contribution in [0.4, 0.5) is 0 Å². The molecule has 0 aliphatic heterocycles. The molecule has 2 rings (SSSR count). The van der Waals surface area contributed by atoms with Gasteiger partial charge in [0.25, 0.3) is 5.91 Å². The van der Waals surface area contributed by atoms with E-state index in [1.807, 2.05) is 59.8 Å². The van der Waals surface area contributed by atoms with Crippen LogP contribution in [-0.4, -0.2) is 18.5 Å². The predicted octanol–water partition coefficient (Wildman–Crippen LogP) is 3.32. The van der Waals surface area contributed by atoms with Gasteiger partial charge in [0.2, 0.25) is 0 Å². The summed E-state index contributed by atoms with van der Waals surface area (Å²) in [5, 5.41) is 2.77. The van der Waals surface area contributed by atoms with Crippen molar-refractivity contribution in [3.63, 3.8) is 0 Å². The molecule has 0 aliphatic carbocycles. The van der Waals surface area contributed by atoms with E-state index in [2.05, 4.69) is 5.32 Å². The molecule has 1 aromatic carbocycles. The highest BCUT2D eigenvalue weighted by atomic mass is 127. The van der Waals surface area contributed by atoms with Crippen LogP contribution in [0.5, 0.6) is 0 Å². The molecule has 0 aliphatic rings. The lowest BCUT2D eigenvalue weighted by Crippen LogP contribution is -2.30. The molecule has 1 aromatic heterocycles. The van der Waals surface area contributed by atoms with E-state index in [0.29, 0.717) is 5.76 Å². The molecule has 1 heterocycles. The summed E-state index contributed by atoms with van der Waals surface area (Å²) >= 11 is 2.03. The second kappa shape index (κ2) is 8.52. The lowest BCUT2D eigenvalue weighted by molar-refractivity contribution is -0.144. The number of carbonyl (C=O) groups excluding carboxylic acids is 2. The highest BCUT2D eigenvalue weighted by Crippen LogP contribution is 2.12. The molecule has 0 bridgehead atoms. The van der Waals surface area contributed by atoms with Gasteiger partial charge in [0.15, 0.2) is 10.4 Å². The average Bonchev–Trinajstić information content (AvgIpc) is 2.97. The van der Waals surface area contributed by atoms with Crippen molar-refractivity contribution in [2.75, 3.05) is 6.61 Å². The van der Waals surface area contributed by atoms with Crippen LogP contribution in [0.2, 0.25) is 0 Å². The minimum absolute atomic E-state index is 0.150. The van der Waals surface area contributed by atoms with Crippen molar-refractivity contribution in [2.24, 2.45) is 0 Å². The maximum atomic E-state index is 11.8. The summed E-state index contributed by atoms with van der Waals surface area (Å²) in [7, 11) is 0. The van der Waals surface area contributed by atoms with Crippen molar-refractivity contribution in [2.45, 2.75) is 13.0 Å². The van der Waals surface area contributed by atoms with Crippen molar-refractivity contribution in [3.05, 3.63) is 63.6 Å². The first-order valence-corrected chi connectivity index (χ1v) is 8.07. The van der Waals surface area contributed by atoms with Crippen molar-refractivity contribution < 1.29 is 18.7 Å². The third-order valence-electron chi connectivity index (χ3n) is 3.00. The molecule has 1 amide bonds. The zero-order chi connectivity index (χ0) is 16.7. The van der Waals surface area contributed by atoms with E-state index in [4.69, 9.17) is 9.15 Å². The Balaban J connectivity index is 1.75. The van der Waals surface area contributed by atoms with Gasteiger partial charge in [0.05, 0.1) is 6.04 Å². The first kappa shape index (κ1) is 17.3. The molecule has 6 heteroatoms. The Morgan fingerprint density at radius 2 is 2.00 bits per heavy atom. The first-order valence-electron chi connectivity index (χ1n) is 6.99. The highest BCUT2D eigenvalue weighted by molar-refractivity contribution is 14.1. The molecule has 2 aromatic rings. The zero-order valence-corrected chi connectivity index (χ0v) is 14.6. The van der Waals surface area contributed by atoms with E-state index >= 15 is 0 Å². The van der Waals surface area contributed by atoms with E-state index in [0.717, 1.165) is 9.33 Å². The zero-order valence-electron chi connectivity index (χ0n) is 12.5. The monoisotopic (exact) mass is 425 g/mol. The van der Waals surface area contributed by atoms with Gasteiger partial charge in [0.1, 0.15) is 5.76 Å². The van der Waals surface area contributed by atoms with Crippen LogP contribution in [0.1, 0.15) is 24.3 Å². The van der Waals surface area contributed by atoms with Gasteiger partial charge in [-0.25, -0.2) is 4.79 Å². The number of carbonyl (C=O) groups is 2. The Bertz CT molecular complexity index is 694. The fourth-order valence-corrected chi connectivity index (χ4v) is 2.30. The van der Waals surface area contributed by atoms with Gasteiger partial charge < -0.3 is 14.5 Å². The van der Waals surface area contributed by atoms with Crippen LogP contribution >= 0.6 is 22.6 Å². The topological polar surface area (TPSA) is 68.5 Å². The molecule has 1 atom stereocenters. The molecule has 1 N–H and O–H groups in total. The van der Waals surface area contributed by atoms with Crippen LogP contribution in [0.3, 0.4) is 0 Å². The SMILES string of the molecule is CC(NC(=O)COC(=O)C=Cc1ccc(I)o1)c1ccccc1. The number of amides is 1. The summed E-state index contributed by atoms with van der Waals surface area (Å²) in [4.78, 5) is 23.3. The summed E-state index contributed by atoms with van der Waals surface area (Å²) in [5.74, 6) is -0.400. The van der Waals surface area contributed by atoms with E-state index in [9.17, 15) is 9.59 Å². The van der Waals surface area contributed by atoms with Crippen LogP contribution < -0.4 is 5.32 Å². The number of ether oxygens (including phenoxy) is 1. The Hall–Kier alpha value is -2.09. The number of hydrogen-bond donors (Lipinski definition) is 1. The lowest BCUT2D eigenvalue weighted by Gasteiger charge is -2.13. The molecular weight excluding hydrogens is 409 g/mol. The minimum atomic E-state index is -0.598. The predicted molar refractivity (Wildman–Crippen MR) is 94.4 cm³/mol. The Morgan fingerprint density at radius 1 is 1.26 bits per heavy atom. The maximum Gasteiger partial charge on any atom is 0.331 e. The van der Waals surface area contributed by atoms with Crippen LogP contribution in [0, 0.1) is 3.77 Å². The van der Waals surface area contributed by atoms with Gasteiger partial charge in [-0.2, -0.15) is 0 Å². The second-order valence-electron chi connectivity index (χ2n) is 4.78. The van der Waals surface area contributed by atoms with Gasteiger partial charge in [0, 0.05) is 6.08 Å². The Morgan fingerprint density at radius 3 is 2.65 bits per heavy atom. The van der Waals surface area contributed by atoms with Gasteiger partial charge >= 0.3 is 5.97 Å². The molecule has 120 valence electrons. The number of halogens is 1. The normalized spacial score (nSPS) is 12.1. The highest BCUT2D eigenvalue weighted by Gasteiger charge is 2.10. The van der Waals surface area contributed by atoms with E-state index in [-0.39, 0.29) is 18.6 Å². The molecule has 0 fully saturated rings.